The summed E-state index contributed by atoms with van der Waals surface area (Å²) in [5.41, 5.74) is 0. The van der Waals surface area contributed by atoms with Crippen LogP contribution in [0.1, 0.15) is 19.8 Å². The lowest BCUT2D eigenvalue weighted by molar-refractivity contribution is 0.553. The van der Waals surface area contributed by atoms with Crippen LogP contribution < -0.4 is 10.0 Å². The predicted molar refractivity (Wildman–Crippen MR) is 48.5 cm³/mol. The van der Waals surface area contributed by atoms with Crippen LogP contribution in [0.25, 0.3) is 0 Å². The van der Waals surface area contributed by atoms with Crippen LogP contribution in [0.15, 0.2) is 0 Å². The molecule has 4 nitrogen and oxygen atoms in total. The largest absolute Gasteiger partial charge is 0.316 e. The van der Waals surface area contributed by atoms with Gasteiger partial charge >= 0.3 is 0 Å². The summed E-state index contributed by atoms with van der Waals surface area (Å²) in [4.78, 5) is 0. The third-order valence-electron chi connectivity index (χ3n) is 2.05. The van der Waals surface area contributed by atoms with E-state index in [-0.39, 0.29) is 11.3 Å². The summed E-state index contributed by atoms with van der Waals surface area (Å²) in [6.07, 6.45) is 1.65. The fourth-order valence-electron chi connectivity index (χ4n) is 0.839. The van der Waals surface area contributed by atoms with E-state index in [9.17, 15) is 8.42 Å². The SMILES string of the molecule is CNC(C)CNS(=O)(=O)C1CC1. The Morgan fingerprint density at radius 1 is 1.50 bits per heavy atom. The molecule has 1 aliphatic carbocycles. The Kier molecular flexibility index (Phi) is 3.09. The molecule has 2 N–H and O–H groups in total. The molecule has 1 fully saturated rings. The van der Waals surface area contributed by atoms with Crippen LogP contribution in [0.5, 0.6) is 0 Å². The Morgan fingerprint density at radius 3 is 2.50 bits per heavy atom. The molecule has 5 heteroatoms. The Hall–Kier alpha value is -0.130. The van der Waals surface area contributed by atoms with Crippen LogP contribution in [0, 0.1) is 0 Å². The van der Waals surface area contributed by atoms with Crippen molar-refractivity contribution in [3.05, 3.63) is 0 Å². The molecular weight excluding hydrogens is 176 g/mol. The molecule has 12 heavy (non-hydrogen) atoms. The molecule has 1 aliphatic rings. The quantitative estimate of drug-likeness (QED) is 0.627. The molecule has 0 amide bonds. The van der Waals surface area contributed by atoms with E-state index >= 15 is 0 Å². The molecule has 1 unspecified atom stereocenters. The number of hydrogen-bond donors (Lipinski definition) is 2. The van der Waals surface area contributed by atoms with E-state index in [4.69, 9.17) is 0 Å². The first-order valence-electron chi connectivity index (χ1n) is 4.22. The number of hydrogen-bond acceptors (Lipinski definition) is 3. The van der Waals surface area contributed by atoms with Gasteiger partial charge in [0.05, 0.1) is 5.25 Å². The zero-order valence-electron chi connectivity index (χ0n) is 7.50. The van der Waals surface area contributed by atoms with E-state index < -0.39 is 10.0 Å². The first-order chi connectivity index (χ1) is 5.56. The van der Waals surface area contributed by atoms with Crippen molar-refractivity contribution in [2.45, 2.75) is 31.1 Å². The van der Waals surface area contributed by atoms with Crippen molar-refractivity contribution < 1.29 is 8.42 Å². The average molecular weight is 192 g/mol. The summed E-state index contributed by atoms with van der Waals surface area (Å²) in [6, 6.07) is 0.193. The molecule has 72 valence electrons. The third kappa shape index (κ3) is 2.73. The first kappa shape index (κ1) is 9.95. The van der Waals surface area contributed by atoms with Crippen molar-refractivity contribution in [1.29, 1.82) is 0 Å². The highest BCUT2D eigenvalue weighted by molar-refractivity contribution is 7.90. The Bertz CT molecular complexity index is 234. The summed E-state index contributed by atoms with van der Waals surface area (Å²) < 4.78 is 25.1. The maximum absolute atomic E-state index is 11.3. The monoisotopic (exact) mass is 192 g/mol. The highest BCUT2D eigenvalue weighted by Crippen LogP contribution is 2.27. The number of sulfonamides is 1. The van der Waals surface area contributed by atoms with Gasteiger partial charge in [-0.15, -0.1) is 0 Å². The normalized spacial score (nSPS) is 20.8. The van der Waals surface area contributed by atoms with Gasteiger partial charge in [0.15, 0.2) is 0 Å². The topological polar surface area (TPSA) is 58.2 Å². The molecule has 0 aliphatic heterocycles. The fraction of sp³-hybridized carbons (Fsp3) is 1.00. The Morgan fingerprint density at radius 2 is 2.08 bits per heavy atom. The Labute approximate surface area is 73.8 Å². The van der Waals surface area contributed by atoms with Crippen LogP contribution in [-0.4, -0.2) is 33.3 Å². The second kappa shape index (κ2) is 3.72. The van der Waals surface area contributed by atoms with E-state index in [1.807, 2.05) is 14.0 Å². The van der Waals surface area contributed by atoms with Crippen LogP contribution in [-0.2, 0) is 10.0 Å². The van der Waals surface area contributed by atoms with Gasteiger partial charge < -0.3 is 5.32 Å². The summed E-state index contributed by atoms with van der Waals surface area (Å²) in [5, 5.41) is 2.86. The Balaban J connectivity index is 2.30. The zero-order chi connectivity index (χ0) is 9.19. The van der Waals surface area contributed by atoms with Gasteiger partial charge in [-0.2, -0.15) is 0 Å². The average Bonchev–Trinajstić information content (AvgIpc) is 2.82. The maximum atomic E-state index is 11.3. The smallest absolute Gasteiger partial charge is 0.214 e. The third-order valence-corrected chi connectivity index (χ3v) is 3.96. The van der Waals surface area contributed by atoms with E-state index in [0.717, 1.165) is 12.8 Å². The summed E-state index contributed by atoms with van der Waals surface area (Å²) in [5.74, 6) is 0. The maximum Gasteiger partial charge on any atom is 0.214 e. The number of nitrogens with one attached hydrogen (secondary N) is 2. The number of rotatable bonds is 5. The van der Waals surface area contributed by atoms with Crippen molar-refractivity contribution >= 4 is 10.0 Å². The van der Waals surface area contributed by atoms with Gasteiger partial charge in [0.25, 0.3) is 0 Å². The number of likely N-dealkylation sites (N-methyl/N-ethyl adjacent to an activating group) is 1. The highest BCUT2D eigenvalue weighted by atomic mass is 32.2. The van der Waals surface area contributed by atoms with Gasteiger partial charge in [-0.3, -0.25) is 0 Å². The lowest BCUT2D eigenvalue weighted by Crippen LogP contribution is -2.38. The standard InChI is InChI=1S/C7H16N2O2S/c1-6(8-2)5-9-12(10,11)7-3-4-7/h6-9H,3-5H2,1-2H3. The molecule has 1 atom stereocenters. The van der Waals surface area contributed by atoms with Gasteiger partial charge in [0.2, 0.25) is 10.0 Å². The minimum atomic E-state index is -2.98. The van der Waals surface area contributed by atoms with Crippen molar-refractivity contribution in [3.8, 4) is 0 Å². The minimum absolute atomic E-state index is 0.110. The zero-order valence-corrected chi connectivity index (χ0v) is 8.32. The molecule has 0 radical (unpaired) electrons. The van der Waals surface area contributed by atoms with Crippen molar-refractivity contribution in [1.82, 2.24) is 10.0 Å². The van der Waals surface area contributed by atoms with Crippen molar-refractivity contribution in [2.24, 2.45) is 0 Å². The van der Waals surface area contributed by atoms with E-state index in [1.165, 1.54) is 0 Å². The van der Waals surface area contributed by atoms with Gasteiger partial charge in [-0.25, -0.2) is 13.1 Å². The molecule has 0 heterocycles. The van der Waals surface area contributed by atoms with Crippen molar-refractivity contribution in [2.75, 3.05) is 13.6 Å². The fourth-order valence-corrected chi connectivity index (χ4v) is 2.31. The molecular formula is C7H16N2O2S. The molecule has 0 aromatic heterocycles. The highest BCUT2D eigenvalue weighted by Gasteiger charge is 2.35. The second-order valence-corrected chi connectivity index (χ2v) is 5.33. The molecule has 0 saturated heterocycles. The van der Waals surface area contributed by atoms with Crippen LogP contribution in [0.3, 0.4) is 0 Å². The van der Waals surface area contributed by atoms with Crippen molar-refractivity contribution in [3.63, 3.8) is 0 Å². The molecule has 0 spiro atoms. The summed E-state index contributed by atoms with van der Waals surface area (Å²) in [7, 11) is -1.17. The van der Waals surface area contributed by atoms with Crippen LogP contribution in [0.2, 0.25) is 0 Å². The molecule has 0 aromatic rings. The lowest BCUT2D eigenvalue weighted by Gasteiger charge is -2.10. The molecule has 1 saturated carbocycles. The molecule has 0 bridgehead atoms. The minimum Gasteiger partial charge on any atom is -0.316 e. The van der Waals surface area contributed by atoms with E-state index in [1.54, 1.807) is 0 Å². The van der Waals surface area contributed by atoms with Gasteiger partial charge in [-0.1, -0.05) is 0 Å². The van der Waals surface area contributed by atoms with Gasteiger partial charge in [0.1, 0.15) is 0 Å². The first-order valence-corrected chi connectivity index (χ1v) is 5.76. The van der Waals surface area contributed by atoms with Gasteiger partial charge in [-0.05, 0) is 26.8 Å². The summed E-state index contributed by atoms with van der Waals surface area (Å²) in [6.45, 7) is 2.42. The van der Waals surface area contributed by atoms with Crippen LogP contribution >= 0.6 is 0 Å². The predicted octanol–water partition coefficient (Wildman–Crippen LogP) is -0.324. The second-order valence-electron chi connectivity index (χ2n) is 3.28. The van der Waals surface area contributed by atoms with E-state index in [0.29, 0.717) is 6.54 Å². The van der Waals surface area contributed by atoms with Crippen LogP contribution in [0.4, 0.5) is 0 Å². The molecule has 1 rings (SSSR count). The van der Waals surface area contributed by atoms with E-state index in [2.05, 4.69) is 10.0 Å². The lowest BCUT2D eigenvalue weighted by atomic mass is 10.4. The van der Waals surface area contributed by atoms with Gasteiger partial charge in [0, 0.05) is 12.6 Å². The summed E-state index contributed by atoms with van der Waals surface area (Å²) >= 11 is 0. The molecule has 0 aromatic carbocycles.